The van der Waals surface area contributed by atoms with Crippen LogP contribution in [0, 0.1) is 0 Å². The number of rotatable bonds is 9. The third kappa shape index (κ3) is 11.0. The van der Waals surface area contributed by atoms with E-state index in [0.717, 1.165) is 4.48 Å². The van der Waals surface area contributed by atoms with Gasteiger partial charge >= 0.3 is 0 Å². The van der Waals surface area contributed by atoms with Gasteiger partial charge in [0.1, 0.15) is 0 Å². The summed E-state index contributed by atoms with van der Waals surface area (Å²) < 4.78 is 1.11. The van der Waals surface area contributed by atoms with Gasteiger partial charge in [0, 0.05) is 0 Å². The molecule has 1 aromatic carbocycles. The summed E-state index contributed by atoms with van der Waals surface area (Å²) in [6, 6.07) is 10.8. The smallest absolute Gasteiger partial charge is 0.0780 e. The number of hydrogen-bond acceptors (Lipinski definition) is 0. The first-order valence-corrected chi connectivity index (χ1v) is 7.42. The SMILES string of the molecule is C[N+](C)(C)CCCCCCCCc1ccccc1.[Cl-]. The minimum absolute atomic E-state index is 0. The highest BCUT2D eigenvalue weighted by molar-refractivity contribution is 5.14. The van der Waals surface area contributed by atoms with Crippen LogP contribution in [0.1, 0.15) is 44.1 Å². The quantitative estimate of drug-likeness (QED) is 0.473. The van der Waals surface area contributed by atoms with Crippen molar-refractivity contribution in [2.75, 3.05) is 27.7 Å². The lowest BCUT2D eigenvalue weighted by Crippen LogP contribution is -3.00. The summed E-state index contributed by atoms with van der Waals surface area (Å²) in [5.74, 6) is 0. The molecule has 2 heteroatoms. The molecule has 1 rings (SSSR count). The van der Waals surface area contributed by atoms with E-state index in [9.17, 15) is 0 Å². The molecule has 0 heterocycles. The van der Waals surface area contributed by atoms with E-state index in [4.69, 9.17) is 0 Å². The third-order valence-electron chi connectivity index (χ3n) is 3.39. The summed E-state index contributed by atoms with van der Waals surface area (Å²) in [5.41, 5.74) is 1.49. The van der Waals surface area contributed by atoms with Crippen LogP contribution in [0.25, 0.3) is 0 Å². The lowest BCUT2D eigenvalue weighted by atomic mass is 10.0. The minimum atomic E-state index is 0. The van der Waals surface area contributed by atoms with Crippen molar-refractivity contribution in [1.29, 1.82) is 0 Å². The molecule has 110 valence electrons. The van der Waals surface area contributed by atoms with Gasteiger partial charge in [-0.25, -0.2) is 0 Å². The van der Waals surface area contributed by atoms with Crippen LogP contribution in [0.5, 0.6) is 0 Å². The Morgan fingerprint density at radius 2 is 1.26 bits per heavy atom. The molecule has 0 atom stereocenters. The van der Waals surface area contributed by atoms with Crippen molar-refractivity contribution in [1.82, 2.24) is 0 Å². The van der Waals surface area contributed by atoms with Gasteiger partial charge in [-0.05, 0) is 31.2 Å². The summed E-state index contributed by atoms with van der Waals surface area (Å²) in [5, 5.41) is 0. The average molecular weight is 284 g/mol. The van der Waals surface area contributed by atoms with E-state index in [0.29, 0.717) is 0 Å². The topological polar surface area (TPSA) is 0 Å². The molecule has 0 spiro atoms. The highest BCUT2D eigenvalue weighted by atomic mass is 35.5. The van der Waals surface area contributed by atoms with Crippen molar-refractivity contribution in [3.8, 4) is 0 Å². The molecule has 0 N–H and O–H groups in total. The van der Waals surface area contributed by atoms with Gasteiger partial charge in [0.25, 0.3) is 0 Å². The molecule has 0 saturated heterocycles. The second-order valence-electron chi connectivity index (χ2n) is 6.37. The van der Waals surface area contributed by atoms with E-state index in [1.165, 1.54) is 57.1 Å². The lowest BCUT2D eigenvalue weighted by Gasteiger charge is -2.23. The third-order valence-corrected chi connectivity index (χ3v) is 3.39. The highest BCUT2D eigenvalue weighted by Crippen LogP contribution is 2.10. The molecule has 0 radical (unpaired) electrons. The van der Waals surface area contributed by atoms with Crippen LogP contribution in [0.4, 0.5) is 0 Å². The van der Waals surface area contributed by atoms with Gasteiger partial charge in [0.15, 0.2) is 0 Å². The first-order valence-electron chi connectivity index (χ1n) is 7.42. The normalized spacial score (nSPS) is 11.1. The Morgan fingerprint density at radius 3 is 1.84 bits per heavy atom. The molecule has 19 heavy (non-hydrogen) atoms. The number of nitrogens with zero attached hydrogens (tertiary/aromatic N) is 1. The maximum absolute atomic E-state index is 2.28. The van der Waals surface area contributed by atoms with E-state index >= 15 is 0 Å². The van der Waals surface area contributed by atoms with Crippen LogP contribution in [-0.4, -0.2) is 32.2 Å². The predicted molar refractivity (Wildman–Crippen MR) is 80.7 cm³/mol. The summed E-state index contributed by atoms with van der Waals surface area (Å²) in [6.45, 7) is 1.31. The van der Waals surface area contributed by atoms with Crippen molar-refractivity contribution >= 4 is 0 Å². The lowest BCUT2D eigenvalue weighted by molar-refractivity contribution is -0.870. The van der Waals surface area contributed by atoms with Crippen molar-refractivity contribution in [3.63, 3.8) is 0 Å². The predicted octanol–water partition coefficient (Wildman–Crippen LogP) is 1.28. The van der Waals surface area contributed by atoms with Crippen molar-refractivity contribution < 1.29 is 16.9 Å². The molecule has 0 bridgehead atoms. The van der Waals surface area contributed by atoms with Crippen LogP contribution in [0.3, 0.4) is 0 Å². The monoisotopic (exact) mass is 283 g/mol. The molecule has 0 amide bonds. The molecule has 0 fully saturated rings. The number of quaternary nitrogens is 1. The summed E-state index contributed by atoms with van der Waals surface area (Å²) in [6.07, 6.45) is 9.58. The largest absolute Gasteiger partial charge is 1.00 e. The number of benzene rings is 1. The van der Waals surface area contributed by atoms with Crippen LogP contribution in [0.2, 0.25) is 0 Å². The summed E-state index contributed by atoms with van der Waals surface area (Å²) in [7, 11) is 6.83. The maximum atomic E-state index is 2.28. The van der Waals surface area contributed by atoms with Gasteiger partial charge in [-0.15, -0.1) is 0 Å². The second kappa shape index (κ2) is 10.3. The number of halogens is 1. The van der Waals surface area contributed by atoms with E-state index in [-0.39, 0.29) is 12.4 Å². The minimum Gasteiger partial charge on any atom is -1.00 e. The Bertz CT molecular complexity index is 303. The Morgan fingerprint density at radius 1 is 0.737 bits per heavy atom. The van der Waals surface area contributed by atoms with Crippen molar-refractivity contribution in [2.45, 2.75) is 44.9 Å². The van der Waals surface area contributed by atoms with Crippen LogP contribution in [0.15, 0.2) is 30.3 Å². The van der Waals surface area contributed by atoms with E-state index in [2.05, 4.69) is 51.5 Å². The molecule has 0 aromatic heterocycles. The molecular weight excluding hydrogens is 254 g/mol. The zero-order valence-corrected chi connectivity index (χ0v) is 13.6. The molecule has 0 saturated carbocycles. The Balaban J connectivity index is 0.00000324. The molecule has 0 aliphatic carbocycles. The zero-order chi connectivity index (χ0) is 13.3. The number of unbranched alkanes of at least 4 members (excludes halogenated alkanes) is 5. The fourth-order valence-corrected chi connectivity index (χ4v) is 2.27. The van der Waals surface area contributed by atoms with Crippen LogP contribution in [-0.2, 0) is 6.42 Å². The Hall–Kier alpha value is -0.530. The fraction of sp³-hybridized carbons (Fsp3) is 0.647. The van der Waals surface area contributed by atoms with Gasteiger partial charge in [-0.3, -0.25) is 0 Å². The average Bonchev–Trinajstić information content (AvgIpc) is 2.32. The molecule has 1 aromatic rings. The molecule has 0 unspecified atom stereocenters. The maximum Gasteiger partial charge on any atom is 0.0780 e. The van der Waals surface area contributed by atoms with Gasteiger partial charge in [0.2, 0.25) is 0 Å². The zero-order valence-electron chi connectivity index (χ0n) is 12.9. The first kappa shape index (κ1) is 18.5. The van der Waals surface area contributed by atoms with E-state index in [1.807, 2.05) is 0 Å². The molecule has 1 nitrogen and oxygen atoms in total. The standard InChI is InChI=1S/C17H30N.ClH/c1-18(2,3)16-12-7-5-4-6-9-13-17-14-10-8-11-15-17;/h8,10-11,14-15H,4-7,9,12-13,16H2,1-3H3;1H/q+1;/p-1. The van der Waals surface area contributed by atoms with Gasteiger partial charge < -0.3 is 16.9 Å². The van der Waals surface area contributed by atoms with Crippen LogP contribution >= 0.6 is 0 Å². The molecule has 0 aliphatic rings. The number of hydrogen-bond donors (Lipinski definition) is 0. The summed E-state index contributed by atoms with van der Waals surface area (Å²) in [4.78, 5) is 0. The number of aryl methyl sites for hydroxylation is 1. The highest BCUT2D eigenvalue weighted by Gasteiger charge is 2.04. The Labute approximate surface area is 126 Å². The van der Waals surface area contributed by atoms with E-state index < -0.39 is 0 Å². The van der Waals surface area contributed by atoms with Gasteiger partial charge in [0.05, 0.1) is 27.7 Å². The Kier molecular flexibility index (Phi) is 9.99. The summed E-state index contributed by atoms with van der Waals surface area (Å²) >= 11 is 0. The molecule has 0 aliphatic heterocycles. The van der Waals surface area contributed by atoms with Gasteiger partial charge in [-0.2, -0.15) is 0 Å². The second-order valence-corrected chi connectivity index (χ2v) is 6.37. The first-order chi connectivity index (χ1) is 8.58. The van der Waals surface area contributed by atoms with E-state index in [1.54, 1.807) is 0 Å². The van der Waals surface area contributed by atoms with Gasteiger partial charge in [-0.1, -0.05) is 49.6 Å². The molecular formula is C17H30ClN. The van der Waals surface area contributed by atoms with Crippen molar-refractivity contribution in [2.24, 2.45) is 0 Å². The van der Waals surface area contributed by atoms with Crippen molar-refractivity contribution in [3.05, 3.63) is 35.9 Å². The van der Waals surface area contributed by atoms with Crippen LogP contribution < -0.4 is 12.4 Å². The fourth-order valence-electron chi connectivity index (χ4n) is 2.27.